The third kappa shape index (κ3) is 5.53. The average molecular weight is 414 g/mol. The molecule has 1 atom stereocenters. The monoisotopic (exact) mass is 413 g/mol. The minimum atomic E-state index is -4.78. The molecular formula is C18H15ClF3N3O3. The molecule has 2 amide bonds. The summed E-state index contributed by atoms with van der Waals surface area (Å²) in [6, 6.07) is 7.70. The molecule has 0 saturated carbocycles. The zero-order chi connectivity index (χ0) is 20.9. The van der Waals surface area contributed by atoms with E-state index in [1.807, 2.05) is 0 Å². The summed E-state index contributed by atoms with van der Waals surface area (Å²) >= 11 is 5.61. The quantitative estimate of drug-likeness (QED) is 0.561. The minimum Gasteiger partial charge on any atom is -0.324 e. The normalized spacial score (nSPS) is 12.2. The zero-order valence-corrected chi connectivity index (χ0v) is 15.3. The lowest BCUT2D eigenvalue weighted by Gasteiger charge is -2.18. The van der Waals surface area contributed by atoms with Crippen molar-refractivity contribution in [3.8, 4) is 0 Å². The summed E-state index contributed by atoms with van der Waals surface area (Å²) in [6.45, 7) is 1.29. The molecule has 2 rings (SSSR count). The predicted octanol–water partition coefficient (Wildman–Crippen LogP) is 3.42. The SMILES string of the molecule is CC(Cl)C(=O)Nc1c(CC(=O)C(=O)Nc2ccccn2)cccc1C(F)(F)F. The number of pyridine rings is 1. The molecule has 2 N–H and O–H groups in total. The van der Waals surface area contributed by atoms with Crippen molar-refractivity contribution in [3.05, 3.63) is 53.7 Å². The average Bonchev–Trinajstić information content (AvgIpc) is 2.62. The van der Waals surface area contributed by atoms with Crippen LogP contribution in [0.4, 0.5) is 24.7 Å². The Morgan fingerprint density at radius 2 is 1.82 bits per heavy atom. The van der Waals surface area contributed by atoms with Crippen LogP contribution < -0.4 is 10.6 Å². The summed E-state index contributed by atoms with van der Waals surface area (Å²) < 4.78 is 39.9. The van der Waals surface area contributed by atoms with Crippen LogP contribution in [0, 0.1) is 0 Å². The molecule has 1 unspecified atom stereocenters. The highest BCUT2D eigenvalue weighted by Crippen LogP contribution is 2.37. The van der Waals surface area contributed by atoms with Gasteiger partial charge in [0.2, 0.25) is 11.7 Å². The highest BCUT2D eigenvalue weighted by molar-refractivity contribution is 6.41. The first kappa shape index (κ1) is 21.4. The Morgan fingerprint density at radius 3 is 2.39 bits per heavy atom. The van der Waals surface area contributed by atoms with Gasteiger partial charge < -0.3 is 10.6 Å². The summed E-state index contributed by atoms with van der Waals surface area (Å²) in [7, 11) is 0. The van der Waals surface area contributed by atoms with Crippen molar-refractivity contribution in [1.29, 1.82) is 0 Å². The van der Waals surface area contributed by atoms with Crippen LogP contribution >= 0.6 is 11.6 Å². The summed E-state index contributed by atoms with van der Waals surface area (Å²) in [4.78, 5) is 39.8. The Kier molecular flexibility index (Phi) is 6.74. The summed E-state index contributed by atoms with van der Waals surface area (Å²) in [5, 5.41) is 3.25. The minimum absolute atomic E-state index is 0.120. The molecule has 0 saturated heterocycles. The molecule has 10 heteroatoms. The maximum Gasteiger partial charge on any atom is 0.418 e. The summed E-state index contributed by atoms with van der Waals surface area (Å²) in [5.74, 6) is -2.79. The number of Topliss-reactive ketones (excluding diaryl/α,β-unsaturated/α-hetero) is 1. The van der Waals surface area contributed by atoms with Crippen molar-refractivity contribution in [3.63, 3.8) is 0 Å². The van der Waals surface area contributed by atoms with E-state index in [1.165, 1.54) is 25.3 Å². The second-order valence-corrected chi connectivity index (χ2v) is 6.37. The maximum atomic E-state index is 13.3. The number of amides is 2. The van der Waals surface area contributed by atoms with Gasteiger partial charge in [-0.1, -0.05) is 18.2 Å². The van der Waals surface area contributed by atoms with E-state index in [4.69, 9.17) is 11.6 Å². The van der Waals surface area contributed by atoms with Crippen molar-refractivity contribution in [1.82, 2.24) is 4.98 Å². The van der Waals surface area contributed by atoms with Gasteiger partial charge in [0.05, 0.1) is 11.3 Å². The molecule has 148 valence electrons. The van der Waals surface area contributed by atoms with Crippen LogP contribution in [0.25, 0.3) is 0 Å². The second-order valence-electron chi connectivity index (χ2n) is 5.71. The van der Waals surface area contributed by atoms with E-state index in [2.05, 4.69) is 15.6 Å². The van der Waals surface area contributed by atoms with E-state index < -0.39 is 46.8 Å². The smallest absolute Gasteiger partial charge is 0.324 e. The van der Waals surface area contributed by atoms with Gasteiger partial charge in [-0.05, 0) is 30.7 Å². The first-order chi connectivity index (χ1) is 13.1. The molecule has 0 radical (unpaired) electrons. The zero-order valence-electron chi connectivity index (χ0n) is 14.5. The van der Waals surface area contributed by atoms with Crippen molar-refractivity contribution in [2.75, 3.05) is 10.6 Å². The van der Waals surface area contributed by atoms with Gasteiger partial charge in [0, 0.05) is 12.6 Å². The van der Waals surface area contributed by atoms with Crippen molar-refractivity contribution < 1.29 is 27.6 Å². The lowest BCUT2D eigenvalue weighted by molar-refractivity contribution is -0.137. The number of hydrogen-bond acceptors (Lipinski definition) is 4. The van der Waals surface area contributed by atoms with Crippen LogP contribution in [0.5, 0.6) is 0 Å². The largest absolute Gasteiger partial charge is 0.418 e. The number of carbonyl (C=O) groups is 3. The van der Waals surface area contributed by atoms with E-state index in [-0.39, 0.29) is 11.4 Å². The fraction of sp³-hybridized carbons (Fsp3) is 0.222. The van der Waals surface area contributed by atoms with Gasteiger partial charge in [0.15, 0.2) is 0 Å². The van der Waals surface area contributed by atoms with Crippen LogP contribution in [0.3, 0.4) is 0 Å². The molecule has 0 aliphatic heterocycles. The van der Waals surface area contributed by atoms with Crippen molar-refractivity contribution >= 4 is 40.7 Å². The van der Waals surface area contributed by atoms with Gasteiger partial charge in [0.1, 0.15) is 11.2 Å². The van der Waals surface area contributed by atoms with Crippen molar-refractivity contribution in [2.45, 2.75) is 24.9 Å². The number of aromatic nitrogens is 1. The highest BCUT2D eigenvalue weighted by atomic mass is 35.5. The van der Waals surface area contributed by atoms with Gasteiger partial charge in [-0.2, -0.15) is 13.2 Å². The number of benzene rings is 1. The fourth-order valence-electron chi connectivity index (χ4n) is 2.23. The van der Waals surface area contributed by atoms with Crippen LogP contribution in [0.1, 0.15) is 18.1 Å². The molecule has 0 spiro atoms. The molecular weight excluding hydrogens is 399 g/mol. The van der Waals surface area contributed by atoms with Crippen molar-refractivity contribution in [2.24, 2.45) is 0 Å². The molecule has 0 bridgehead atoms. The number of nitrogens with zero attached hydrogens (tertiary/aromatic N) is 1. The number of carbonyl (C=O) groups excluding carboxylic acids is 3. The molecule has 2 aromatic rings. The van der Waals surface area contributed by atoms with Crippen LogP contribution in [0.2, 0.25) is 0 Å². The maximum absolute atomic E-state index is 13.3. The molecule has 1 aromatic heterocycles. The topological polar surface area (TPSA) is 88.2 Å². The van der Waals surface area contributed by atoms with Crippen LogP contribution in [-0.2, 0) is 27.0 Å². The fourth-order valence-corrected chi connectivity index (χ4v) is 2.28. The summed E-state index contributed by atoms with van der Waals surface area (Å²) in [5.41, 5.74) is -1.92. The number of para-hydroxylation sites is 1. The third-order valence-corrected chi connectivity index (χ3v) is 3.77. The van der Waals surface area contributed by atoms with Gasteiger partial charge >= 0.3 is 6.18 Å². The second kappa shape index (κ2) is 8.83. The molecule has 6 nitrogen and oxygen atoms in total. The van der Waals surface area contributed by atoms with Crippen LogP contribution in [0.15, 0.2) is 42.6 Å². The number of halogens is 4. The Bertz CT molecular complexity index is 887. The predicted molar refractivity (Wildman–Crippen MR) is 97.0 cm³/mol. The number of anilines is 2. The Labute approximate surface area is 163 Å². The van der Waals surface area contributed by atoms with Gasteiger partial charge in [-0.25, -0.2) is 4.98 Å². The van der Waals surface area contributed by atoms with Crippen LogP contribution in [-0.4, -0.2) is 28.0 Å². The Morgan fingerprint density at radius 1 is 1.11 bits per heavy atom. The molecule has 0 aliphatic rings. The molecule has 0 aliphatic carbocycles. The number of rotatable bonds is 6. The highest BCUT2D eigenvalue weighted by Gasteiger charge is 2.35. The standard InChI is InChI=1S/C18H15ClF3N3O3/c1-10(19)16(27)25-15-11(5-4-6-12(15)18(20,21)22)9-13(26)17(28)24-14-7-2-3-8-23-14/h2-8,10H,9H2,1H3,(H,25,27)(H,23,24,28). The summed E-state index contributed by atoms with van der Waals surface area (Å²) in [6.07, 6.45) is -4.05. The molecule has 1 aromatic carbocycles. The molecule has 0 fully saturated rings. The number of nitrogens with one attached hydrogen (secondary N) is 2. The van der Waals surface area contributed by atoms with Gasteiger partial charge in [-0.15, -0.1) is 11.6 Å². The first-order valence-corrected chi connectivity index (χ1v) is 8.42. The van der Waals surface area contributed by atoms with Gasteiger partial charge in [0.25, 0.3) is 5.91 Å². The van der Waals surface area contributed by atoms with E-state index in [0.29, 0.717) is 0 Å². The lowest BCUT2D eigenvalue weighted by Crippen LogP contribution is -2.27. The van der Waals surface area contributed by atoms with E-state index in [0.717, 1.165) is 12.1 Å². The Balaban J connectivity index is 2.29. The third-order valence-electron chi connectivity index (χ3n) is 3.58. The first-order valence-electron chi connectivity index (χ1n) is 7.99. The number of hydrogen-bond donors (Lipinski definition) is 2. The number of alkyl halides is 4. The molecule has 28 heavy (non-hydrogen) atoms. The Hall–Kier alpha value is -2.94. The van der Waals surface area contributed by atoms with Gasteiger partial charge in [-0.3, -0.25) is 14.4 Å². The molecule has 1 heterocycles. The lowest BCUT2D eigenvalue weighted by atomic mass is 10.0. The van der Waals surface area contributed by atoms with E-state index in [9.17, 15) is 27.6 Å². The van der Waals surface area contributed by atoms with E-state index >= 15 is 0 Å². The number of ketones is 1. The van der Waals surface area contributed by atoms with E-state index in [1.54, 1.807) is 12.1 Å².